The maximum Gasteiger partial charge on any atom is 0.0952 e. The SMILES string of the molecule is Cc1cc(C)c(C)c(C(Cl)c2ccoc2)c1C. The third-order valence-electron chi connectivity index (χ3n) is 3.51. The Morgan fingerprint density at radius 3 is 2.12 bits per heavy atom. The van der Waals surface area contributed by atoms with Gasteiger partial charge in [0, 0.05) is 5.56 Å². The van der Waals surface area contributed by atoms with E-state index in [1.165, 1.54) is 27.8 Å². The summed E-state index contributed by atoms with van der Waals surface area (Å²) in [5.74, 6) is 0. The fourth-order valence-electron chi connectivity index (χ4n) is 2.21. The third-order valence-corrected chi connectivity index (χ3v) is 3.98. The van der Waals surface area contributed by atoms with Crippen LogP contribution in [0.15, 0.2) is 29.1 Å². The lowest BCUT2D eigenvalue weighted by molar-refractivity contribution is 0.564. The van der Waals surface area contributed by atoms with Crippen LogP contribution in [0.25, 0.3) is 0 Å². The summed E-state index contributed by atoms with van der Waals surface area (Å²) in [6.07, 6.45) is 3.38. The van der Waals surface area contributed by atoms with Crippen molar-refractivity contribution in [3.05, 3.63) is 58.0 Å². The minimum absolute atomic E-state index is 0.132. The summed E-state index contributed by atoms with van der Waals surface area (Å²) in [6, 6.07) is 4.14. The fourth-order valence-corrected chi connectivity index (χ4v) is 2.66. The van der Waals surface area contributed by atoms with E-state index in [1.807, 2.05) is 6.07 Å². The van der Waals surface area contributed by atoms with Gasteiger partial charge in [-0.2, -0.15) is 0 Å². The predicted octanol–water partition coefficient (Wildman–Crippen LogP) is 4.84. The number of furan rings is 1. The highest BCUT2D eigenvalue weighted by Crippen LogP contribution is 2.35. The molecule has 2 rings (SSSR count). The van der Waals surface area contributed by atoms with Gasteiger partial charge in [-0.25, -0.2) is 0 Å². The zero-order chi connectivity index (χ0) is 12.6. The molecule has 0 fully saturated rings. The van der Waals surface area contributed by atoms with Crippen LogP contribution in [0.2, 0.25) is 0 Å². The maximum atomic E-state index is 6.57. The summed E-state index contributed by atoms with van der Waals surface area (Å²) in [6.45, 7) is 8.52. The van der Waals surface area contributed by atoms with Gasteiger partial charge in [-0.3, -0.25) is 0 Å². The molecule has 1 aromatic carbocycles. The van der Waals surface area contributed by atoms with E-state index in [-0.39, 0.29) is 5.38 Å². The molecule has 0 spiro atoms. The summed E-state index contributed by atoms with van der Waals surface area (Å²) < 4.78 is 5.11. The van der Waals surface area contributed by atoms with E-state index in [0.717, 1.165) is 5.56 Å². The largest absolute Gasteiger partial charge is 0.472 e. The van der Waals surface area contributed by atoms with Gasteiger partial charge in [-0.05, 0) is 61.6 Å². The Bertz CT molecular complexity index is 500. The highest BCUT2D eigenvalue weighted by Gasteiger charge is 2.18. The number of hydrogen-bond acceptors (Lipinski definition) is 1. The van der Waals surface area contributed by atoms with Crippen molar-refractivity contribution in [1.82, 2.24) is 0 Å². The summed E-state index contributed by atoms with van der Waals surface area (Å²) in [5.41, 5.74) is 7.35. The Morgan fingerprint density at radius 2 is 1.65 bits per heavy atom. The fraction of sp³-hybridized carbons (Fsp3) is 0.333. The third kappa shape index (κ3) is 2.12. The molecule has 0 aliphatic carbocycles. The highest BCUT2D eigenvalue weighted by molar-refractivity contribution is 6.22. The lowest BCUT2D eigenvalue weighted by Crippen LogP contribution is -2.02. The first-order valence-corrected chi connectivity index (χ1v) is 6.19. The second kappa shape index (κ2) is 4.58. The minimum Gasteiger partial charge on any atom is -0.472 e. The molecule has 0 saturated heterocycles. The molecule has 2 heteroatoms. The first-order chi connectivity index (χ1) is 8.02. The normalized spacial score (nSPS) is 12.8. The molecule has 0 bridgehead atoms. The Hall–Kier alpha value is -1.21. The van der Waals surface area contributed by atoms with E-state index >= 15 is 0 Å². The van der Waals surface area contributed by atoms with Gasteiger partial charge in [0.25, 0.3) is 0 Å². The van der Waals surface area contributed by atoms with Crippen molar-refractivity contribution in [3.63, 3.8) is 0 Å². The van der Waals surface area contributed by atoms with Crippen molar-refractivity contribution in [3.8, 4) is 0 Å². The van der Waals surface area contributed by atoms with Crippen LogP contribution in [0.1, 0.15) is 38.8 Å². The number of benzene rings is 1. The monoisotopic (exact) mass is 248 g/mol. The summed E-state index contributed by atoms with van der Waals surface area (Å²) >= 11 is 6.57. The molecule has 2 aromatic rings. The van der Waals surface area contributed by atoms with Gasteiger partial charge < -0.3 is 4.42 Å². The van der Waals surface area contributed by atoms with Crippen molar-refractivity contribution in [2.75, 3.05) is 0 Å². The van der Waals surface area contributed by atoms with Crippen molar-refractivity contribution in [2.45, 2.75) is 33.1 Å². The summed E-state index contributed by atoms with van der Waals surface area (Å²) in [7, 11) is 0. The molecule has 1 nitrogen and oxygen atoms in total. The Balaban J connectivity index is 2.59. The van der Waals surface area contributed by atoms with Gasteiger partial charge in [0.2, 0.25) is 0 Å². The zero-order valence-electron chi connectivity index (χ0n) is 10.7. The molecule has 0 aliphatic heterocycles. The molecule has 1 heterocycles. The van der Waals surface area contributed by atoms with Crippen molar-refractivity contribution in [2.24, 2.45) is 0 Å². The standard InChI is InChI=1S/C15H17ClO/c1-9-7-10(2)12(4)14(11(9)3)15(16)13-5-6-17-8-13/h5-8,15H,1-4H3. The van der Waals surface area contributed by atoms with E-state index in [2.05, 4.69) is 33.8 Å². The molecule has 0 radical (unpaired) electrons. The Kier molecular flexibility index (Phi) is 3.30. The van der Waals surface area contributed by atoms with Crippen molar-refractivity contribution in [1.29, 1.82) is 0 Å². The second-order valence-corrected chi connectivity index (χ2v) is 5.03. The molecule has 17 heavy (non-hydrogen) atoms. The van der Waals surface area contributed by atoms with Crippen molar-refractivity contribution >= 4 is 11.6 Å². The quantitative estimate of drug-likeness (QED) is 0.693. The van der Waals surface area contributed by atoms with Gasteiger partial charge >= 0.3 is 0 Å². The average molecular weight is 249 g/mol. The van der Waals surface area contributed by atoms with Gasteiger partial charge in [0.15, 0.2) is 0 Å². The summed E-state index contributed by atoms with van der Waals surface area (Å²) in [5, 5.41) is -0.132. The first kappa shape index (κ1) is 12.3. The van der Waals surface area contributed by atoms with Crippen LogP contribution in [0.4, 0.5) is 0 Å². The molecule has 1 unspecified atom stereocenters. The summed E-state index contributed by atoms with van der Waals surface area (Å²) in [4.78, 5) is 0. The first-order valence-electron chi connectivity index (χ1n) is 5.76. The molecular weight excluding hydrogens is 232 g/mol. The predicted molar refractivity (Wildman–Crippen MR) is 71.8 cm³/mol. The molecule has 90 valence electrons. The number of halogens is 1. The molecular formula is C15H17ClO. The van der Waals surface area contributed by atoms with Gasteiger partial charge in [-0.1, -0.05) is 6.07 Å². The lowest BCUT2D eigenvalue weighted by Gasteiger charge is -2.18. The topological polar surface area (TPSA) is 13.1 Å². The molecule has 0 amide bonds. The number of aryl methyl sites for hydroxylation is 2. The van der Waals surface area contributed by atoms with E-state index in [4.69, 9.17) is 16.0 Å². The van der Waals surface area contributed by atoms with Crippen LogP contribution in [-0.2, 0) is 0 Å². The molecule has 0 saturated carbocycles. The van der Waals surface area contributed by atoms with E-state index in [1.54, 1.807) is 12.5 Å². The number of hydrogen-bond donors (Lipinski definition) is 0. The van der Waals surface area contributed by atoms with Crippen LogP contribution in [-0.4, -0.2) is 0 Å². The van der Waals surface area contributed by atoms with Crippen LogP contribution in [0, 0.1) is 27.7 Å². The van der Waals surface area contributed by atoms with Gasteiger partial charge in [0.05, 0.1) is 17.9 Å². The lowest BCUT2D eigenvalue weighted by atomic mass is 9.90. The maximum absolute atomic E-state index is 6.57. The molecule has 0 aliphatic rings. The number of rotatable bonds is 2. The smallest absolute Gasteiger partial charge is 0.0952 e. The number of alkyl halides is 1. The molecule has 1 atom stereocenters. The average Bonchev–Trinajstić information content (AvgIpc) is 2.80. The molecule has 0 N–H and O–H groups in total. The van der Waals surface area contributed by atoms with Gasteiger partial charge in [-0.15, -0.1) is 11.6 Å². The van der Waals surface area contributed by atoms with Crippen molar-refractivity contribution < 1.29 is 4.42 Å². The molecule has 1 aromatic heterocycles. The van der Waals surface area contributed by atoms with E-state index in [0.29, 0.717) is 0 Å². The zero-order valence-corrected chi connectivity index (χ0v) is 11.4. The Morgan fingerprint density at radius 1 is 1.06 bits per heavy atom. The minimum atomic E-state index is -0.132. The van der Waals surface area contributed by atoms with Gasteiger partial charge in [0.1, 0.15) is 0 Å². The van der Waals surface area contributed by atoms with Crippen LogP contribution in [0.5, 0.6) is 0 Å². The Labute approximate surface area is 107 Å². The highest BCUT2D eigenvalue weighted by atomic mass is 35.5. The van der Waals surface area contributed by atoms with Crippen LogP contribution < -0.4 is 0 Å². The second-order valence-electron chi connectivity index (χ2n) is 4.59. The van der Waals surface area contributed by atoms with Crippen LogP contribution in [0.3, 0.4) is 0 Å². The van der Waals surface area contributed by atoms with E-state index < -0.39 is 0 Å². The van der Waals surface area contributed by atoms with Crippen LogP contribution >= 0.6 is 11.6 Å². The van der Waals surface area contributed by atoms with E-state index in [9.17, 15) is 0 Å².